The van der Waals surface area contributed by atoms with Crippen LogP contribution in [0, 0.1) is 5.92 Å². The van der Waals surface area contributed by atoms with E-state index in [0.29, 0.717) is 6.54 Å². The number of nitrogens with zero attached hydrogens (tertiary/aromatic N) is 1. The third-order valence-electron chi connectivity index (χ3n) is 4.02. The van der Waals surface area contributed by atoms with E-state index in [0.717, 1.165) is 31.4 Å². The van der Waals surface area contributed by atoms with E-state index in [1.165, 1.54) is 4.90 Å². The van der Waals surface area contributed by atoms with Crippen LogP contribution in [-0.2, 0) is 4.79 Å². The lowest BCUT2D eigenvalue weighted by atomic mass is 9.73. The van der Waals surface area contributed by atoms with E-state index in [1.54, 1.807) is 11.8 Å². The summed E-state index contributed by atoms with van der Waals surface area (Å²) in [4.78, 5) is 25.7. The van der Waals surface area contributed by atoms with Crippen molar-refractivity contribution < 1.29 is 9.59 Å². The summed E-state index contributed by atoms with van der Waals surface area (Å²) in [5.41, 5.74) is -0.590. The van der Waals surface area contributed by atoms with Gasteiger partial charge in [-0.3, -0.25) is 9.69 Å². The van der Waals surface area contributed by atoms with Crippen molar-refractivity contribution in [3.05, 3.63) is 0 Å². The standard InChI is InChI=1S/C12H20N2O2S/c1-9-5-3-4-6-12(9)10(15)14(7-8-17-2)11(16)13-12/h9H,3-8H2,1-2H3,(H,13,16)/t9-,12+/m0/s1. The van der Waals surface area contributed by atoms with Crippen molar-refractivity contribution in [1.82, 2.24) is 10.2 Å². The van der Waals surface area contributed by atoms with Crippen molar-refractivity contribution >= 4 is 23.7 Å². The third-order valence-corrected chi connectivity index (χ3v) is 4.61. The van der Waals surface area contributed by atoms with Crippen LogP contribution in [0.2, 0.25) is 0 Å². The summed E-state index contributed by atoms with van der Waals surface area (Å²) in [5.74, 6) is 1.07. The van der Waals surface area contributed by atoms with Crippen LogP contribution in [0.25, 0.3) is 0 Å². The van der Waals surface area contributed by atoms with Crippen molar-refractivity contribution in [2.75, 3.05) is 18.6 Å². The average molecular weight is 256 g/mol. The Bertz CT molecular complexity index is 334. The number of thioether (sulfide) groups is 1. The van der Waals surface area contributed by atoms with Crippen molar-refractivity contribution in [2.24, 2.45) is 5.92 Å². The Morgan fingerprint density at radius 2 is 2.24 bits per heavy atom. The Hall–Kier alpha value is -0.710. The van der Waals surface area contributed by atoms with Crippen molar-refractivity contribution in [3.63, 3.8) is 0 Å². The van der Waals surface area contributed by atoms with Crippen LogP contribution >= 0.6 is 11.8 Å². The smallest absolute Gasteiger partial charge is 0.323 e. The lowest BCUT2D eigenvalue weighted by Crippen LogP contribution is -2.54. The Kier molecular flexibility index (Phi) is 3.66. The number of amides is 3. The summed E-state index contributed by atoms with van der Waals surface area (Å²) in [6, 6.07) is -0.196. The average Bonchev–Trinajstić information content (AvgIpc) is 2.54. The fourth-order valence-corrected chi connectivity index (χ4v) is 3.25. The van der Waals surface area contributed by atoms with Gasteiger partial charge < -0.3 is 5.32 Å². The number of nitrogens with one attached hydrogen (secondary N) is 1. The van der Waals surface area contributed by atoms with Crippen LogP contribution in [0.4, 0.5) is 4.79 Å². The van der Waals surface area contributed by atoms with Crippen LogP contribution in [-0.4, -0.2) is 40.9 Å². The highest BCUT2D eigenvalue weighted by Crippen LogP contribution is 2.38. The topological polar surface area (TPSA) is 49.4 Å². The van der Waals surface area contributed by atoms with E-state index in [-0.39, 0.29) is 17.9 Å². The summed E-state index contributed by atoms with van der Waals surface area (Å²) in [6.45, 7) is 2.61. The van der Waals surface area contributed by atoms with Gasteiger partial charge in [-0.05, 0) is 25.0 Å². The van der Waals surface area contributed by atoms with Gasteiger partial charge in [-0.1, -0.05) is 19.8 Å². The molecule has 1 aliphatic heterocycles. The zero-order chi connectivity index (χ0) is 12.5. The van der Waals surface area contributed by atoms with Gasteiger partial charge in [0.2, 0.25) is 0 Å². The third kappa shape index (κ3) is 2.05. The molecule has 1 spiro atoms. The zero-order valence-electron chi connectivity index (χ0n) is 10.5. The molecule has 1 N–H and O–H groups in total. The predicted octanol–water partition coefficient (Wildman–Crippen LogP) is 1.85. The molecule has 0 aromatic rings. The maximum atomic E-state index is 12.4. The van der Waals surface area contributed by atoms with E-state index in [4.69, 9.17) is 0 Å². The summed E-state index contributed by atoms with van der Waals surface area (Å²) >= 11 is 1.65. The summed E-state index contributed by atoms with van der Waals surface area (Å²) in [6.07, 6.45) is 6.01. The number of carbonyl (C=O) groups excluding carboxylic acids is 2. The largest absolute Gasteiger partial charge is 0.325 e. The normalized spacial score (nSPS) is 33.3. The second-order valence-corrected chi connectivity index (χ2v) is 5.98. The second-order valence-electron chi connectivity index (χ2n) is 5.00. The number of urea groups is 1. The van der Waals surface area contributed by atoms with Crippen LogP contribution in [0.15, 0.2) is 0 Å². The highest BCUT2D eigenvalue weighted by molar-refractivity contribution is 7.98. The molecule has 2 atom stereocenters. The lowest BCUT2D eigenvalue weighted by Gasteiger charge is -2.36. The van der Waals surface area contributed by atoms with Gasteiger partial charge in [0.1, 0.15) is 5.54 Å². The molecule has 1 aliphatic carbocycles. The molecule has 1 heterocycles. The van der Waals surface area contributed by atoms with E-state index < -0.39 is 5.54 Å². The summed E-state index contributed by atoms with van der Waals surface area (Å²) < 4.78 is 0. The number of rotatable bonds is 3. The molecule has 2 aliphatic rings. The van der Waals surface area contributed by atoms with Gasteiger partial charge in [-0.15, -0.1) is 0 Å². The molecule has 1 saturated heterocycles. The van der Waals surface area contributed by atoms with Gasteiger partial charge in [0.25, 0.3) is 5.91 Å². The monoisotopic (exact) mass is 256 g/mol. The first kappa shape index (κ1) is 12.7. The Morgan fingerprint density at radius 1 is 1.47 bits per heavy atom. The van der Waals surface area contributed by atoms with Gasteiger partial charge in [0, 0.05) is 12.3 Å². The maximum Gasteiger partial charge on any atom is 0.325 e. The van der Waals surface area contributed by atoms with Crippen molar-refractivity contribution in [3.8, 4) is 0 Å². The van der Waals surface area contributed by atoms with Crippen LogP contribution in [0.1, 0.15) is 32.6 Å². The minimum atomic E-state index is -0.590. The molecule has 2 rings (SSSR count). The Labute approximate surface area is 106 Å². The number of hydrogen-bond acceptors (Lipinski definition) is 3. The molecular weight excluding hydrogens is 236 g/mol. The minimum absolute atomic E-state index is 0.00347. The predicted molar refractivity (Wildman–Crippen MR) is 69.0 cm³/mol. The minimum Gasteiger partial charge on any atom is -0.323 e. The van der Waals surface area contributed by atoms with E-state index in [2.05, 4.69) is 12.2 Å². The van der Waals surface area contributed by atoms with Crippen LogP contribution < -0.4 is 5.32 Å². The Balaban J connectivity index is 2.16. The molecule has 0 unspecified atom stereocenters. The molecule has 17 heavy (non-hydrogen) atoms. The SMILES string of the molecule is CSCCN1C(=O)N[C@@]2(CCCC[C@@H]2C)C1=O. The molecule has 96 valence electrons. The van der Waals surface area contributed by atoms with Gasteiger partial charge in [-0.25, -0.2) is 4.79 Å². The van der Waals surface area contributed by atoms with Gasteiger partial charge >= 0.3 is 6.03 Å². The molecule has 3 amide bonds. The maximum absolute atomic E-state index is 12.4. The van der Waals surface area contributed by atoms with Gasteiger partial charge in [0.15, 0.2) is 0 Å². The van der Waals surface area contributed by atoms with E-state index in [1.807, 2.05) is 6.26 Å². The highest BCUT2D eigenvalue weighted by atomic mass is 32.2. The second kappa shape index (κ2) is 4.88. The summed E-state index contributed by atoms with van der Waals surface area (Å²) in [7, 11) is 0. The summed E-state index contributed by atoms with van der Waals surface area (Å²) in [5, 5.41) is 2.96. The lowest BCUT2D eigenvalue weighted by molar-refractivity contribution is -0.134. The molecule has 4 nitrogen and oxygen atoms in total. The zero-order valence-corrected chi connectivity index (χ0v) is 11.3. The number of imide groups is 1. The van der Waals surface area contributed by atoms with E-state index in [9.17, 15) is 9.59 Å². The first-order valence-electron chi connectivity index (χ1n) is 6.25. The molecule has 0 radical (unpaired) electrons. The molecule has 0 bridgehead atoms. The molecule has 2 fully saturated rings. The number of hydrogen-bond donors (Lipinski definition) is 1. The number of carbonyl (C=O) groups is 2. The molecule has 1 saturated carbocycles. The molecule has 0 aromatic carbocycles. The Morgan fingerprint density at radius 3 is 2.88 bits per heavy atom. The molecule has 0 aromatic heterocycles. The van der Waals surface area contributed by atoms with Crippen molar-refractivity contribution in [1.29, 1.82) is 0 Å². The van der Waals surface area contributed by atoms with Crippen molar-refractivity contribution in [2.45, 2.75) is 38.1 Å². The van der Waals surface area contributed by atoms with Crippen LogP contribution in [0.5, 0.6) is 0 Å². The van der Waals surface area contributed by atoms with Gasteiger partial charge in [0.05, 0.1) is 0 Å². The molecule has 5 heteroatoms. The quantitative estimate of drug-likeness (QED) is 0.784. The fourth-order valence-electron chi connectivity index (χ4n) is 2.88. The first-order valence-corrected chi connectivity index (χ1v) is 7.64. The fraction of sp³-hybridized carbons (Fsp3) is 0.833. The highest BCUT2D eigenvalue weighted by Gasteiger charge is 2.54. The molecular formula is C12H20N2O2S. The first-order chi connectivity index (χ1) is 8.12. The van der Waals surface area contributed by atoms with Gasteiger partial charge in [-0.2, -0.15) is 11.8 Å². The van der Waals surface area contributed by atoms with E-state index >= 15 is 0 Å². The van der Waals surface area contributed by atoms with Crippen LogP contribution in [0.3, 0.4) is 0 Å².